The van der Waals surface area contributed by atoms with E-state index in [1.54, 1.807) is 14.2 Å². The van der Waals surface area contributed by atoms with Gasteiger partial charge < -0.3 is 24.3 Å². The molecule has 0 saturated carbocycles. The molecular formula is C29H35NO6. The third-order valence-electron chi connectivity index (χ3n) is 6.61. The molecule has 7 nitrogen and oxygen atoms in total. The third-order valence-corrected chi connectivity index (χ3v) is 6.61. The lowest BCUT2D eigenvalue weighted by Gasteiger charge is -2.35. The first-order chi connectivity index (χ1) is 17.4. The van der Waals surface area contributed by atoms with Gasteiger partial charge in [-0.15, -0.1) is 0 Å². The highest BCUT2D eigenvalue weighted by Gasteiger charge is 2.39. The predicted molar refractivity (Wildman–Crippen MR) is 137 cm³/mol. The monoisotopic (exact) mass is 493 g/mol. The van der Waals surface area contributed by atoms with Crippen molar-refractivity contribution in [3.63, 3.8) is 0 Å². The van der Waals surface area contributed by atoms with Crippen LogP contribution in [-0.2, 0) is 9.59 Å². The molecule has 4 rings (SSSR count). The minimum atomic E-state index is -0.375. The first kappa shape index (κ1) is 25.6. The van der Waals surface area contributed by atoms with Crippen LogP contribution in [0.25, 0.3) is 0 Å². The Labute approximate surface area is 212 Å². The van der Waals surface area contributed by atoms with Gasteiger partial charge in [-0.2, -0.15) is 0 Å². The number of ether oxygens (including phenoxy) is 4. The fraction of sp³-hybridized carbons (Fsp3) is 0.448. The van der Waals surface area contributed by atoms with E-state index in [1.165, 1.54) is 0 Å². The van der Waals surface area contributed by atoms with Crippen LogP contribution in [0.1, 0.15) is 69.4 Å². The van der Waals surface area contributed by atoms with Gasteiger partial charge in [0.1, 0.15) is 0 Å². The van der Waals surface area contributed by atoms with Gasteiger partial charge in [0.2, 0.25) is 5.91 Å². The van der Waals surface area contributed by atoms with Crippen molar-refractivity contribution >= 4 is 11.7 Å². The van der Waals surface area contributed by atoms with Gasteiger partial charge in [0, 0.05) is 35.6 Å². The van der Waals surface area contributed by atoms with E-state index in [0.717, 1.165) is 17.5 Å². The number of hydrogen-bond acceptors (Lipinski definition) is 6. The van der Waals surface area contributed by atoms with E-state index in [-0.39, 0.29) is 36.1 Å². The topological polar surface area (TPSA) is 83.1 Å². The van der Waals surface area contributed by atoms with Crippen LogP contribution < -0.4 is 24.3 Å². The second kappa shape index (κ2) is 11.1. The fourth-order valence-corrected chi connectivity index (χ4v) is 5.08. The zero-order valence-corrected chi connectivity index (χ0v) is 21.7. The molecule has 36 heavy (non-hydrogen) atoms. The Balaban J connectivity index is 1.70. The molecule has 192 valence electrons. The Morgan fingerprint density at radius 1 is 0.972 bits per heavy atom. The number of ketones is 1. The molecule has 2 aromatic rings. The minimum Gasteiger partial charge on any atom is -0.493 e. The Hall–Kier alpha value is -3.48. The Kier molecular flexibility index (Phi) is 7.87. The lowest BCUT2D eigenvalue weighted by atomic mass is 9.73. The average molecular weight is 494 g/mol. The standard InChI is InChI=1S/C29H35NO6/c1-6-12-35-29-20(8-7-9-25(29)33-4)21-16-27(32)30-22-13-19(14-23(31)28(21)22)18-10-11-24(36-17(2)3)26(15-18)34-5/h7-11,15,17,19,21H,6,12-14,16H2,1-5H3,(H,30,32). The van der Waals surface area contributed by atoms with Crippen LogP contribution in [0, 0.1) is 0 Å². The lowest BCUT2D eigenvalue weighted by Crippen LogP contribution is -2.38. The molecule has 2 aliphatic rings. The van der Waals surface area contributed by atoms with Gasteiger partial charge in [0.15, 0.2) is 28.8 Å². The predicted octanol–water partition coefficient (Wildman–Crippen LogP) is 5.28. The molecule has 0 radical (unpaired) electrons. The maximum atomic E-state index is 13.6. The van der Waals surface area contributed by atoms with E-state index in [9.17, 15) is 9.59 Å². The molecule has 2 atom stereocenters. The number of rotatable bonds is 9. The number of nitrogens with one attached hydrogen (secondary N) is 1. The summed E-state index contributed by atoms with van der Waals surface area (Å²) in [6.07, 6.45) is 1.97. The van der Waals surface area contributed by atoms with Crippen LogP contribution in [0.2, 0.25) is 0 Å². The first-order valence-corrected chi connectivity index (χ1v) is 12.6. The molecule has 1 aliphatic carbocycles. The van der Waals surface area contributed by atoms with Gasteiger partial charge in [0.25, 0.3) is 0 Å². The van der Waals surface area contributed by atoms with E-state index in [0.29, 0.717) is 53.7 Å². The van der Waals surface area contributed by atoms with Crippen molar-refractivity contribution in [3.8, 4) is 23.0 Å². The number of amides is 1. The first-order valence-electron chi connectivity index (χ1n) is 12.6. The van der Waals surface area contributed by atoms with Gasteiger partial charge in [0.05, 0.1) is 26.9 Å². The molecule has 0 bridgehead atoms. The Bertz CT molecular complexity index is 1170. The Morgan fingerprint density at radius 2 is 1.75 bits per heavy atom. The van der Waals surface area contributed by atoms with Crippen LogP contribution in [0.5, 0.6) is 23.0 Å². The van der Waals surface area contributed by atoms with Crippen molar-refractivity contribution in [1.29, 1.82) is 0 Å². The van der Waals surface area contributed by atoms with Gasteiger partial charge in [-0.3, -0.25) is 9.59 Å². The second-order valence-electron chi connectivity index (χ2n) is 9.53. The molecule has 0 aromatic heterocycles. The van der Waals surface area contributed by atoms with E-state index >= 15 is 0 Å². The van der Waals surface area contributed by atoms with Crippen molar-refractivity contribution in [3.05, 3.63) is 58.8 Å². The largest absolute Gasteiger partial charge is 0.493 e. The zero-order valence-electron chi connectivity index (χ0n) is 21.7. The maximum Gasteiger partial charge on any atom is 0.225 e. The van der Waals surface area contributed by atoms with Gasteiger partial charge in [-0.05, 0) is 56.4 Å². The van der Waals surface area contributed by atoms with Crippen molar-refractivity contribution < 1.29 is 28.5 Å². The second-order valence-corrected chi connectivity index (χ2v) is 9.53. The summed E-state index contributed by atoms with van der Waals surface area (Å²) < 4.78 is 23.0. The maximum absolute atomic E-state index is 13.6. The normalized spacial score (nSPS) is 19.6. The minimum absolute atomic E-state index is 0.0194. The summed E-state index contributed by atoms with van der Waals surface area (Å²) in [5.41, 5.74) is 3.16. The van der Waals surface area contributed by atoms with Crippen molar-refractivity contribution in [1.82, 2.24) is 5.32 Å². The smallest absolute Gasteiger partial charge is 0.225 e. The molecule has 1 amide bonds. The number of methoxy groups -OCH3 is 2. The summed E-state index contributed by atoms with van der Waals surface area (Å²) >= 11 is 0. The molecular weight excluding hydrogens is 458 g/mol. The molecule has 0 fully saturated rings. The summed E-state index contributed by atoms with van der Waals surface area (Å²) in [5.74, 6) is 2.00. The number of carbonyl (C=O) groups is 2. The molecule has 2 unspecified atom stereocenters. The van der Waals surface area contributed by atoms with Crippen LogP contribution in [-0.4, -0.2) is 38.6 Å². The lowest BCUT2D eigenvalue weighted by molar-refractivity contribution is -0.122. The van der Waals surface area contributed by atoms with Gasteiger partial charge >= 0.3 is 0 Å². The van der Waals surface area contributed by atoms with E-state index in [4.69, 9.17) is 18.9 Å². The fourth-order valence-electron chi connectivity index (χ4n) is 5.08. The molecule has 1 heterocycles. The number of carbonyl (C=O) groups excluding carboxylic acids is 2. The molecule has 2 aromatic carbocycles. The zero-order chi connectivity index (χ0) is 25.8. The number of Topliss-reactive ketones (excluding diaryl/α,β-unsaturated/α-hetero) is 1. The van der Waals surface area contributed by atoms with E-state index < -0.39 is 0 Å². The quantitative estimate of drug-likeness (QED) is 0.512. The average Bonchev–Trinajstić information content (AvgIpc) is 2.86. The SMILES string of the molecule is CCCOc1c(OC)cccc1C1CC(=O)NC2=C1C(=O)CC(c1ccc(OC(C)C)c(OC)c1)C2. The molecule has 0 saturated heterocycles. The highest BCUT2D eigenvalue weighted by atomic mass is 16.5. The highest BCUT2D eigenvalue weighted by Crippen LogP contribution is 2.47. The van der Waals surface area contributed by atoms with Crippen molar-refractivity contribution in [2.75, 3.05) is 20.8 Å². The van der Waals surface area contributed by atoms with E-state index in [2.05, 4.69) is 5.32 Å². The summed E-state index contributed by atoms with van der Waals surface area (Å²) in [6.45, 7) is 6.48. The van der Waals surface area contributed by atoms with E-state index in [1.807, 2.05) is 57.2 Å². The number of hydrogen-bond donors (Lipinski definition) is 1. The highest BCUT2D eigenvalue weighted by molar-refractivity contribution is 6.02. The number of para-hydroxylation sites is 1. The molecule has 1 aliphatic heterocycles. The van der Waals surface area contributed by atoms with Crippen molar-refractivity contribution in [2.45, 2.75) is 64.4 Å². The van der Waals surface area contributed by atoms with Crippen molar-refractivity contribution in [2.24, 2.45) is 0 Å². The number of benzene rings is 2. The molecule has 0 spiro atoms. The summed E-state index contributed by atoms with van der Waals surface area (Å²) in [7, 11) is 3.20. The summed E-state index contributed by atoms with van der Waals surface area (Å²) in [6, 6.07) is 11.4. The van der Waals surface area contributed by atoms with Crippen LogP contribution >= 0.6 is 0 Å². The van der Waals surface area contributed by atoms with Gasteiger partial charge in [-0.25, -0.2) is 0 Å². The molecule has 7 heteroatoms. The summed E-state index contributed by atoms with van der Waals surface area (Å²) in [5, 5.41) is 3.00. The molecule has 1 N–H and O–H groups in total. The Morgan fingerprint density at radius 3 is 2.44 bits per heavy atom. The number of allylic oxidation sites excluding steroid dienone is 2. The van der Waals surface area contributed by atoms with Crippen LogP contribution in [0.4, 0.5) is 0 Å². The van der Waals surface area contributed by atoms with Crippen LogP contribution in [0.3, 0.4) is 0 Å². The van der Waals surface area contributed by atoms with Gasteiger partial charge in [-0.1, -0.05) is 25.1 Å². The third kappa shape index (κ3) is 5.20. The van der Waals surface area contributed by atoms with Crippen LogP contribution in [0.15, 0.2) is 47.7 Å². The summed E-state index contributed by atoms with van der Waals surface area (Å²) in [4.78, 5) is 26.4.